The van der Waals surface area contributed by atoms with E-state index in [1.807, 2.05) is 0 Å². The van der Waals surface area contributed by atoms with Gasteiger partial charge in [0.25, 0.3) is 0 Å². The van der Waals surface area contributed by atoms with Crippen LogP contribution in [0, 0.1) is 0 Å². The molecule has 0 atom stereocenters. The molecule has 0 heterocycles. The molecule has 0 saturated heterocycles. The van der Waals surface area contributed by atoms with E-state index in [1.54, 1.807) is 0 Å². The summed E-state index contributed by atoms with van der Waals surface area (Å²) < 4.78 is 4.25. The Morgan fingerprint density at radius 1 is 1.25 bits per heavy atom. The second-order valence-corrected chi connectivity index (χ2v) is 0. The summed E-state index contributed by atoms with van der Waals surface area (Å²) in [5.74, 6) is 0. The molecule has 4 heteroatoms. The third kappa shape index (κ3) is 9.77. The van der Waals surface area contributed by atoms with Gasteiger partial charge < -0.3 is 0 Å². The Morgan fingerprint density at radius 2 is 1.25 bits per heavy atom. The third-order valence-corrected chi connectivity index (χ3v) is 0. The first-order valence-electron chi connectivity index (χ1n) is 0.204. The first-order chi connectivity index (χ1) is 1.00. The molecule has 0 saturated carbocycles. The largest absolute Gasteiger partial charge is 0 e. The second kappa shape index (κ2) is 24.8. The van der Waals surface area contributed by atoms with E-state index in [2.05, 4.69) is 21.0 Å². The molecular formula is H2CoFeNNi. The molecule has 0 aromatic heterocycles. The minimum Gasteiger partial charge on any atom is 0 e. The topological polar surface area (TPSA) is 26.0 Å². The van der Waals surface area contributed by atoms with Crippen LogP contribution in [-0.2, 0) is 49.5 Å². The summed E-state index contributed by atoms with van der Waals surface area (Å²) in [5, 5.41) is 0. The van der Waals surface area contributed by atoms with Crippen LogP contribution in [-0.4, -0.2) is 0 Å². The van der Waals surface area contributed by atoms with Gasteiger partial charge in [0.2, 0.25) is 0 Å². The van der Waals surface area contributed by atoms with Crippen molar-refractivity contribution in [2.24, 2.45) is 4.75 Å². The summed E-state index contributed by atoms with van der Waals surface area (Å²) in [6.45, 7) is 0. The molecule has 0 rings (SSSR count). The number of hydrogen-bond donors (Lipinski definition) is 1. The number of nitrogens with two attached hydrogens (primary N) is 1. The zero-order valence-corrected chi connectivity index (χ0v) is 4.71. The van der Waals surface area contributed by atoms with Crippen LogP contribution in [0.25, 0.3) is 0 Å². The molecule has 0 aliphatic carbocycles. The van der Waals surface area contributed by atoms with Crippen molar-refractivity contribution in [3.63, 3.8) is 0 Å². The molecule has 0 fully saturated rings. The molecule has 0 spiro atoms. The van der Waals surface area contributed by atoms with Crippen molar-refractivity contribution in [2.75, 3.05) is 0 Å². The van der Waals surface area contributed by atoms with Crippen LogP contribution >= 0.6 is 0 Å². The first-order valence-corrected chi connectivity index (χ1v) is 0.842. The molecule has 0 aliphatic rings. The van der Waals surface area contributed by atoms with Gasteiger partial charge in [-0.15, -0.1) is 0 Å². The number of hydrogen-bond acceptors (Lipinski definition) is 1. The molecular weight excluding hydrogens is 187 g/mol. The Labute approximate surface area is 54.2 Å². The molecule has 0 aliphatic heterocycles. The predicted octanol–water partition coefficient (Wildman–Crippen LogP) is -0.598. The van der Waals surface area contributed by atoms with Gasteiger partial charge in [-0.2, -0.15) is 0 Å². The van der Waals surface area contributed by atoms with E-state index in [9.17, 15) is 0 Å². The van der Waals surface area contributed by atoms with Crippen molar-refractivity contribution >= 4 is 0 Å². The maximum Gasteiger partial charge on any atom is 0 e. The van der Waals surface area contributed by atoms with Crippen molar-refractivity contribution in [3.05, 3.63) is 0 Å². The molecule has 0 aromatic carbocycles. The van der Waals surface area contributed by atoms with Gasteiger partial charge in [-0.3, -0.25) is 0 Å². The molecule has 1 nitrogen and oxygen atoms in total. The monoisotopic (exact) mass is 189 g/mol. The van der Waals surface area contributed by atoms with E-state index < -0.39 is 0 Å². The Bertz CT molecular complexity index is 8.00. The Morgan fingerprint density at radius 3 is 1.25 bits per heavy atom. The van der Waals surface area contributed by atoms with E-state index in [0.29, 0.717) is 0 Å². The van der Waals surface area contributed by atoms with Crippen LogP contribution in [0.15, 0.2) is 0 Å². The van der Waals surface area contributed by atoms with Crippen molar-refractivity contribution in [1.82, 2.24) is 0 Å². The van der Waals surface area contributed by atoms with Gasteiger partial charge in [0, 0.05) is 33.3 Å². The summed E-state index contributed by atoms with van der Waals surface area (Å²) in [6, 6.07) is 0. The van der Waals surface area contributed by atoms with Gasteiger partial charge >= 0.3 is 21.0 Å². The summed E-state index contributed by atoms with van der Waals surface area (Å²) >= 11 is 2.75. The van der Waals surface area contributed by atoms with E-state index in [0.717, 1.165) is 0 Å². The predicted molar refractivity (Wildman–Crippen MR) is 4.19 cm³/mol. The number of rotatable bonds is 0. The summed E-state index contributed by atoms with van der Waals surface area (Å²) in [7, 11) is 0. The molecule has 0 bridgehead atoms. The zero-order valence-electron chi connectivity index (χ0n) is 1.58. The van der Waals surface area contributed by atoms with Crippen LogP contribution < -0.4 is 4.75 Å². The maximum absolute atomic E-state index is 4.25. The fraction of sp³-hybridized carbons (Fsp3) is 0. The fourth-order valence-corrected chi connectivity index (χ4v) is 0. The van der Waals surface area contributed by atoms with Crippen LogP contribution in [0.1, 0.15) is 0 Å². The molecule has 0 amide bonds. The summed E-state index contributed by atoms with van der Waals surface area (Å²) in [5.41, 5.74) is 0. The quantitative estimate of drug-likeness (QED) is 0.506. The molecule has 1 radical (unpaired) electrons. The minimum atomic E-state index is 0. The van der Waals surface area contributed by atoms with Crippen LogP contribution in [0.4, 0.5) is 0 Å². The Balaban J connectivity index is -0.00000000500. The molecule has 0 aromatic rings. The van der Waals surface area contributed by atoms with Crippen LogP contribution in [0.2, 0.25) is 0 Å². The van der Waals surface area contributed by atoms with E-state index in [-0.39, 0.29) is 33.3 Å². The fourth-order valence-electron chi connectivity index (χ4n) is 0. The van der Waals surface area contributed by atoms with Crippen LogP contribution in [0.5, 0.6) is 0 Å². The first kappa shape index (κ1) is 17.9. The van der Waals surface area contributed by atoms with E-state index in [1.165, 1.54) is 0 Å². The van der Waals surface area contributed by atoms with Gasteiger partial charge in [-0.25, -0.2) is 0 Å². The van der Waals surface area contributed by atoms with Crippen LogP contribution in [0.3, 0.4) is 0 Å². The third-order valence-electron chi connectivity index (χ3n) is 0. The van der Waals surface area contributed by atoms with Crippen molar-refractivity contribution in [2.45, 2.75) is 0 Å². The average Bonchev–Trinajstić information content (AvgIpc) is 1.00. The van der Waals surface area contributed by atoms with E-state index in [4.69, 9.17) is 0 Å². The Kier molecular flexibility index (Phi) is 111. The molecule has 0 unspecified atom stereocenters. The normalized spacial score (nSPS) is 1.50. The van der Waals surface area contributed by atoms with Crippen molar-refractivity contribution < 1.29 is 49.5 Å². The standard InChI is InChI=1S/Co.Fe.H2N.Ni/h;;1H2;/q;+1;-1;. The summed E-state index contributed by atoms with van der Waals surface area (Å²) in [6.07, 6.45) is 0. The van der Waals surface area contributed by atoms with Crippen molar-refractivity contribution in [1.29, 1.82) is 0 Å². The second-order valence-electron chi connectivity index (χ2n) is 0. The SMILES string of the molecule is [Co].[NH2][Fe].[Ni]. The van der Waals surface area contributed by atoms with E-state index >= 15 is 0 Å². The minimum absolute atomic E-state index is 0. The van der Waals surface area contributed by atoms with Crippen molar-refractivity contribution in [3.8, 4) is 0 Å². The zero-order chi connectivity index (χ0) is 2.00. The van der Waals surface area contributed by atoms with Gasteiger partial charge in [0.05, 0.1) is 0 Å². The summed E-state index contributed by atoms with van der Waals surface area (Å²) in [4.78, 5) is 0. The maximum atomic E-state index is 4.25. The average molecular weight is 189 g/mol. The van der Waals surface area contributed by atoms with Gasteiger partial charge in [0.15, 0.2) is 0 Å². The van der Waals surface area contributed by atoms with Gasteiger partial charge in [-0.05, 0) is 0 Å². The molecule has 2 N–H and O–H groups in total. The van der Waals surface area contributed by atoms with Gasteiger partial charge in [-0.1, -0.05) is 0 Å². The molecule has 4 heavy (non-hydrogen) atoms. The van der Waals surface area contributed by atoms with Gasteiger partial charge in [0.1, 0.15) is 0 Å². The molecule has 34 valence electrons. The Hall–Kier alpha value is 1.48. The smallest absolute Gasteiger partial charge is 0 e.